The number of benzene rings is 3. The lowest BCUT2D eigenvalue weighted by molar-refractivity contribution is -0.139. The van der Waals surface area contributed by atoms with Crippen molar-refractivity contribution in [3.05, 3.63) is 94.0 Å². The second kappa shape index (κ2) is 10.7. The number of amides is 1. The zero-order valence-corrected chi connectivity index (χ0v) is 20.3. The minimum absolute atomic E-state index is 0.0759. The zero-order valence-electron chi connectivity index (χ0n) is 20.3. The highest BCUT2D eigenvalue weighted by atomic mass is 16.5. The second-order valence-electron chi connectivity index (χ2n) is 9.04. The van der Waals surface area contributed by atoms with E-state index in [0.29, 0.717) is 13.0 Å². The number of hydrogen-bond acceptors (Lipinski definition) is 4. The first-order valence-electron chi connectivity index (χ1n) is 11.8. The Hall–Kier alpha value is -3.64. The fraction of sp³-hybridized carbons (Fsp3) is 0.310. The number of carbonyl (C=O) groups excluding carboxylic acids is 1. The van der Waals surface area contributed by atoms with Crippen molar-refractivity contribution in [3.8, 4) is 11.1 Å². The molecule has 0 saturated heterocycles. The van der Waals surface area contributed by atoms with Gasteiger partial charge in [-0.25, -0.2) is 9.59 Å². The van der Waals surface area contributed by atoms with E-state index in [0.717, 1.165) is 44.5 Å². The summed E-state index contributed by atoms with van der Waals surface area (Å²) in [5.41, 5.74) is 8.89. The first-order chi connectivity index (χ1) is 16.9. The number of methoxy groups -OCH3 is 1. The van der Waals surface area contributed by atoms with Crippen LogP contribution < -0.4 is 5.32 Å². The van der Waals surface area contributed by atoms with E-state index in [1.165, 1.54) is 0 Å². The minimum atomic E-state index is -1.08. The molecule has 0 aromatic heterocycles. The fourth-order valence-corrected chi connectivity index (χ4v) is 4.95. The van der Waals surface area contributed by atoms with Crippen LogP contribution in [0.1, 0.15) is 45.7 Å². The molecule has 0 radical (unpaired) electrons. The molecule has 0 unspecified atom stereocenters. The number of hydrogen-bond donors (Lipinski definition) is 2. The van der Waals surface area contributed by atoms with E-state index in [1.807, 2.05) is 62.4 Å². The standard InChI is InChI=1S/C29H31NO5/c1-18-14-20(15-19(2)25(18)16-34-3)12-13-27(28(31)32)30-29(33)35-17-26-23-10-6-4-8-21(23)22-9-5-7-11-24(22)26/h4-11,14-15,26-27H,12-13,16-17H2,1-3H3,(H,30,33)(H,31,32)/t27-/m0/s1. The summed E-state index contributed by atoms with van der Waals surface area (Å²) in [4.78, 5) is 24.4. The summed E-state index contributed by atoms with van der Waals surface area (Å²) < 4.78 is 10.8. The van der Waals surface area contributed by atoms with Crippen molar-refractivity contribution >= 4 is 12.1 Å². The van der Waals surface area contributed by atoms with Gasteiger partial charge in [-0.2, -0.15) is 0 Å². The molecule has 6 nitrogen and oxygen atoms in total. The van der Waals surface area contributed by atoms with Crippen molar-refractivity contribution in [1.29, 1.82) is 0 Å². The van der Waals surface area contributed by atoms with Crippen LogP contribution in [0.5, 0.6) is 0 Å². The Morgan fingerprint density at radius 2 is 1.54 bits per heavy atom. The van der Waals surface area contributed by atoms with Gasteiger partial charge in [-0.1, -0.05) is 60.7 Å². The molecule has 3 aromatic carbocycles. The number of carboxylic acid groups (broad SMARTS) is 1. The van der Waals surface area contributed by atoms with Crippen molar-refractivity contribution in [1.82, 2.24) is 5.32 Å². The fourth-order valence-electron chi connectivity index (χ4n) is 4.95. The van der Waals surface area contributed by atoms with Gasteiger partial charge in [0.05, 0.1) is 6.61 Å². The van der Waals surface area contributed by atoms with Crippen molar-refractivity contribution in [2.24, 2.45) is 0 Å². The zero-order chi connectivity index (χ0) is 24.9. The highest BCUT2D eigenvalue weighted by molar-refractivity contribution is 5.81. The molecule has 3 aromatic rings. The molecule has 1 aliphatic rings. The lowest BCUT2D eigenvalue weighted by Gasteiger charge is -2.18. The van der Waals surface area contributed by atoms with E-state index in [-0.39, 0.29) is 18.9 Å². The first-order valence-corrected chi connectivity index (χ1v) is 11.8. The Morgan fingerprint density at radius 3 is 2.09 bits per heavy atom. The Kier molecular flexibility index (Phi) is 7.51. The maximum absolute atomic E-state index is 12.6. The molecule has 0 bridgehead atoms. The average molecular weight is 474 g/mol. The smallest absolute Gasteiger partial charge is 0.407 e. The summed E-state index contributed by atoms with van der Waals surface area (Å²) in [5.74, 6) is -1.16. The van der Waals surface area contributed by atoms with E-state index < -0.39 is 18.1 Å². The Balaban J connectivity index is 1.37. The predicted octanol–water partition coefficient (Wildman–Crippen LogP) is 5.37. The van der Waals surface area contributed by atoms with Gasteiger partial charge in [0, 0.05) is 13.0 Å². The maximum atomic E-state index is 12.6. The summed E-state index contributed by atoms with van der Waals surface area (Å²) in [6.07, 6.45) is 0.0690. The SMILES string of the molecule is COCc1c(C)cc(CC[C@H](NC(=O)OCC2c3ccccc3-c3ccccc32)C(=O)O)cc1C. The number of aryl methyl sites for hydroxylation is 3. The molecule has 0 spiro atoms. The highest BCUT2D eigenvalue weighted by Gasteiger charge is 2.29. The van der Waals surface area contributed by atoms with Crippen LogP contribution in [0.15, 0.2) is 60.7 Å². The number of aliphatic carboxylic acids is 1. The Morgan fingerprint density at radius 1 is 0.971 bits per heavy atom. The van der Waals surface area contributed by atoms with Gasteiger partial charge in [-0.3, -0.25) is 0 Å². The van der Waals surface area contributed by atoms with Gasteiger partial charge in [0.2, 0.25) is 0 Å². The molecule has 0 fully saturated rings. The van der Waals surface area contributed by atoms with E-state index in [9.17, 15) is 14.7 Å². The minimum Gasteiger partial charge on any atom is -0.480 e. The van der Waals surface area contributed by atoms with Crippen LogP contribution in [-0.4, -0.2) is 36.9 Å². The maximum Gasteiger partial charge on any atom is 0.407 e. The van der Waals surface area contributed by atoms with Crippen LogP contribution >= 0.6 is 0 Å². The number of fused-ring (bicyclic) bond motifs is 3. The third-order valence-electron chi connectivity index (χ3n) is 6.70. The molecule has 1 atom stereocenters. The Labute approximate surface area is 205 Å². The van der Waals surface area contributed by atoms with Gasteiger partial charge in [0.15, 0.2) is 0 Å². The van der Waals surface area contributed by atoms with Crippen molar-refractivity contribution in [2.75, 3.05) is 13.7 Å². The van der Waals surface area contributed by atoms with Crippen LogP contribution in [0.2, 0.25) is 0 Å². The molecule has 182 valence electrons. The second-order valence-corrected chi connectivity index (χ2v) is 9.04. The number of rotatable bonds is 9. The first kappa shape index (κ1) is 24.5. The summed E-state index contributed by atoms with van der Waals surface area (Å²) in [6, 6.07) is 19.2. The monoisotopic (exact) mass is 473 g/mol. The molecular formula is C29H31NO5. The topological polar surface area (TPSA) is 84.9 Å². The van der Waals surface area contributed by atoms with E-state index in [2.05, 4.69) is 17.4 Å². The number of nitrogens with one attached hydrogen (secondary N) is 1. The van der Waals surface area contributed by atoms with E-state index in [4.69, 9.17) is 9.47 Å². The lowest BCUT2D eigenvalue weighted by Crippen LogP contribution is -2.41. The van der Waals surface area contributed by atoms with Crippen LogP contribution in [0.25, 0.3) is 11.1 Å². The van der Waals surface area contributed by atoms with Gasteiger partial charge in [-0.15, -0.1) is 0 Å². The quantitative estimate of drug-likeness (QED) is 0.436. The normalized spacial score (nSPS) is 13.1. The summed E-state index contributed by atoms with van der Waals surface area (Å²) in [7, 11) is 1.67. The van der Waals surface area contributed by atoms with E-state index in [1.54, 1.807) is 7.11 Å². The molecule has 1 aliphatic carbocycles. The summed E-state index contributed by atoms with van der Waals surface area (Å²) in [6.45, 7) is 4.73. The Bertz CT molecular complexity index is 1170. The molecule has 2 N–H and O–H groups in total. The van der Waals surface area contributed by atoms with Crippen molar-refractivity contribution in [2.45, 2.75) is 45.3 Å². The van der Waals surface area contributed by atoms with Crippen molar-refractivity contribution in [3.63, 3.8) is 0 Å². The molecule has 6 heteroatoms. The highest BCUT2D eigenvalue weighted by Crippen LogP contribution is 2.44. The van der Waals surface area contributed by atoms with E-state index >= 15 is 0 Å². The molecular weight excluding hydrogens is 442 g/mol. The van der Waals surface area contributed by atoms with Gasteiger partial charge >= 0.3 is 12.1 Å². The molecule has 0 heterocycles. The molecule has 35 heavy (non-hydrogen) atoms. The van der Waals surface area contributed by atoms with Crippen LogP contribution in [0.3, 0.4) is 0 Å². The molecule has 0 saturated carbocycles. The predicted molar refractivity (Wildman–Crippen MR) is 135 cm³/mol. The number of carbonyl (C=O) groups is 2. The number of carboxylic acids is 1. The summed E-state index contributed by atoms with van der Waals surface area (Å²) >= 11 is 0. The third kappa shape index (κ3) is 5.38. The van der Waals surface area contributed by atoms with Gasteiger partial charge in [0.25, 0.3) is 0 Å². The van der Waals surface area contributed by atoms with Crippen molar-refractivity contribution < 1.29 is 24.2 Å². The molecule has 0 aliphatic heterocycles. The number of ether oxygens (including phenoxy) is 2. The van der Waals surface area contributed by atoms with Crippen LogP contribution in [-0.2, 0) is 27.3 Å². The van der Waals surface area contributed by atoms with Gasteiger partial charge < -0.3 is 19.9 Å². The summed E-state index contributed by atoms with van der Waals surface area (Å²) in [5, 5.41) is 12.2. The molecule has 1 amide bonds. The van der Waals surface area contributed by atoms with Crippen LogP contribution in [0.4, 0.5) is 4.79 Å². The lowest BCUT2D eigenvalue weighted by atomic mass is 9.96. The van der Waals surface area contributed by atoms with Gasteiger partial charge in [0.1, 0.15) is 12.6 Å². The number of alkyl carbamates (subject to hydrolysis) is 1. The van der Waals surface area contributed by atoms with Gasteiger partial charge in [-0.05, 0) is 71.2 Å². The molecule has 4 rings (SSSR count). The largest absolute Gasteiger partial charge is 0.480 e. The van der Waals surface area contributed by atoms with Crippen LogP contribution in [0, 0.1) is 13.8 Å². The third-order valence-corrected chi connectivity index (χ3v) is 6.70. The average Bonchev–Trinajstić information content (AvgIpc) is 3.16.